The van der Waals surface area contributed by atoms with E-state index in [0.717, 1.165) is 109 Å². The third-order valence-electron chi connectivity index (χ3n) is 13.7. The lowest BCUT2D eigenvalue weighted by molar-refractivity contribution is -0.167. The molecular weight excluding hydrogens is 913 g/mol. The second-order valence-electron chi connectivity index (χ2n) is 21.0. The van der Waals surface area contributed by atoms with Gasteiger partial charge in [-0.2, -0.15) is 0 Å². The highest BCUT2D eigenvalue weighted by atomic mass is 16.6. The van der Waals surface area contributed by atoms with Crippen molar-refractivity contribution in [2.45, 2.75) is 316 Å². The summed E-state index contributed by atoms with van der Waals surface area (Å²) in [6.07, 6.45) is 81.5. The lowest BCUT2D eigenvalue weighted by atomic mass is 10.0. The van der Waals surface area contributed by atoms with Crippen LogP contribution in [0.2, 0.25) is 0 Å². The van der Waals surface area contributed by atoms with Gasteiger partial charge in [-0.15, -0.1) is 0 Å². The fourth-order valence-corrected chi connectivity index (χ4v) is 8.95. The van der Waals surface area contributed by atoms with E-state index in [-0.39, 0.29) is 31.1 Å². The Bertz CT molecular complexity index is 1420. The summed E-state index contributed by atoms with van der Waals surface area (Å²) in [4.78, 5) is 38.2. The molecule has 0 aliphatic carbocycles. The topological polar surface area (TPSA) is 78.9 Å². The van der Waals surface area contributed by atoms with Gasteiger partial charge in [0.05, 0.1) is 0 Å². The Morgan fingerprint density at radius 2 is 0.527 bits per heavy atom. The first-order valence-corrected chi connectivity index (χ1v) is 31.6. The van der Waals surface area contributed by atoms with Crippen molar-refractivity contribution >= 4 is 17.9 Å². The van der Waals surface area contributed by atoms with Gasteiger partial charge in [0.1, 0.15) is 13.2 Å². The molecule has 1 unspecified atom stereocenters. The Labute approximate surface area is 458 Å². The minimum absolute atomic E-state index is 0.0751. The third kappa shape index (κ3) is 59.5. The van der Waals surface area contributed by atoms with Gasteiger partial charge in [-0.05, 0) is 77.0 Å². The lowest BCUT2D eigenvalue weighted by Crippen LogP contribution is -2.30. The Morgan fingerprint density at radius 1 is 0.284 bits per heavy atom. The van der Waals surface area contributed by atoms with E-state index < -0.39 is 6.10 Å². The molecule has 0 aliphatic heterocycles. The van der Waals surface area contributed by atoms with E-state index in [1.165, 1.54) is 161 Å². The molecule has 0 aromatic rings. The highest BCUT2D eigenvalue weighted by Gasteiger charge is 2.19. The molecule has 0 rings (SSSR count). The number of rotatable bonds is 57. The first-order chi connectivity index (χ1) is 36.5. The Hall–Kier alpha value is -3.41. The number of carbonyl (C=O) groups excluding carboxylic acids is 3. The molecule has 6 nitrogen and oxygen atoms in total. The Balaban J connectivity index is 4.28. The fraction of sp³-hybridized carbons (Fsp3) is 0.750. The number of hydrogen-bond acceptors (Lipinski definition) is 6. The van der Waals surface area contributed by atoms with E-state index in [2.05, 4.69) is 106 Å². The van der Waals surface area contributed by atoms with E-state index in [0.29, 0.717) is 19.3 Å². The maximum Gasteiger partial charge on any atom is 0.306 e. The van der Waals surface area contributed by atoms with E-state index in [9.17, 15) is 14.4 Å². The number of esters is 3. The van der Waals surface area contributed by atoms with Crippen molar-refractivity contribution in [2.75, 3.05) is 13.2 Å². The van der Waals surface area contributed by atoms with Gasteiger partial charge in [-0.1, -0.05) is 298 Å². The van der Waals surface area contributed by atoms with Crippen molar-refractivity contribution in [3.63, 3.8) is 0 Å². The van der Waals surface area contributed by atoms with Gasteiger partial charge in [0.2, 0.25) is 0 Å². The van der Waals surface area contributed by atoms with Gasteiger partial charge in [-0.25, -0.2) is 0 Å². The molecule has 0 bridgehead atoms. The Morgan fingerprint density at radius 3 is 0.824 bits per heavy atom. The molecule has 1 atom stereocenters. The largest absolute Gasteiger partial charge is 0.462 e. The summed E-state index contributed by atoms with van der Waals surface area (Å²) in [5, 5.41) is 0. The van der Waals surface area contributed by atoms with Crippen molar-refractivity contribution < 1.29 is 28.6 Å². The van der Waals surface area contributed by atoms with E-state index >= 15 is 0 Å². The zero-order valence-corrected chi connectivity index (χ0v) is 48.8. The van der Waals surface area contributed by atoms with Crippen LogP contribution in [0.15, 0.2) is 85.1 Å². The van der Waals surface area contributed by atoms with Crippen molar-refractivity contribution in [1.29, 1.82) is 0 Å². The summed E-state index contributed by atoms with van der Waals surface area (Å²) < 4.78 is 16.9. The average Bonchev–Trinajstić information content (AvgIpc) is 3.40. The molecule has 0 heterocycles. The monoisotopic (exact) mass is 1030 g/mol. The van der Waals surface area contributed by atoms with Crippen molar-refractivity contribution in [2.24, 2.45) is 0 Å². The number of allylic oxidation sites excluding steroid dienone is 14. The number of hydrogen-bond donors (Lipinski definition) is 0. The maximum atomic E-state index is 12.9. The molecule has 0 aromatic heterocycles. The van der Waals surface area contributed by atoms with Crippen molar-refractivity contribution in [3.05, 3.63) is 85.1 Å². The normalized spacial score (nSPS) is 12.6. The summed E-state index contributed by atoms with van der Waals surface area (Å²) in [5.41, 5.74) is 0. The summed E-state index contributed by atoms with van der Waals surface area (Å²) >= 11 is 0. The zero-order chi connectivity index (χ0) is 53.6. The van der Waals surface area contributed by atoms with E-state index in [4.69, 9.17) is 14.2 Å². The molecule has 426 valence electrons. The quantitative estimate of drug-likeness (QED) is 0.0261. The van der Waals surface area contributed by atoms with Crippen LogP contribution < -0.4 is 0 Å². The van der Waals surface area contributed by atoms with Gasteiger partial charge < -0.3 is 14.2 Å². The second kappa shape index (κ2) is 62.1. The minimum Gasteiger partial charge on any atom is -0.462 e. The van der Waals surface area contributed by atoms with Gasteiger partial charge in [0, 0.05) is 19.3 Å². The summed E-state index contributed by atoms with van der Waals surface area (Å²) in [7, 11) is 0. The van der Waals surface area contributed by atoms with E-state index in [1.807, 2.05) is 0 Å². The molecule has 0 fully saturated rings. The predicted molar refractivity (Wildman–Crippen MR) is 321 cm³/mol. The first-order valence-electron chi connectivity index (χ1n) is 31.6. The molecule has 0 radical (unpaired) electrons. The predicted octanol–water partition coefficient (Wildman–Crippen LogP) is 21.5. The van der Waals surface area contributed by atoms with Crippen molar-refractivity contribution in [1.82, 2.24) is 0 Å². The van der Waals surface area contributed by atoms with Gasteiger partial charge in [0.15, 0.2) is 6.10 Å². The minimum atomic E-state index is -0.778. The molecular formula is C68H118O6. The number of unbranched alkanes of at least 4 members (excludes halogenated alkanes) is 32. The standard InChI is InChI=1S/C68H118O6/c1-4-7-10-13-16-19-22-25-27-28-29-30-31-32-33-34-35-36-37-38-39-40-41-44-46-49-52-55-58-61-67(70)73-64-65(63-72-66(69)60-57-54-51-48-45-42-24-21-18-15-12-9-6-3)74-68(71)62-59-56-53-50-47-43-26-23-20-17-14-11-8-5-2/h7,10,16,19,25,27,29-30,32-33,35-36,38-39,65H,4-6,8-9,11-15,17-18,20-24,26,28,31,34,37,40-64H2,1-3H3/b10-7-,19-16-,27-25-,30-29-,33-32-,36-35-,39-38-. The summed E-state index contributed by atoms with van der Waals surface area (Å²) in [6.45, 7) is 6.55. The second-order valence-corrected chi connectivity index (χ2v) is 21.0. The lowest BCUT2D eigenvalue weighted by Gasteiger charge is -2.18. The molecule has 0 aromatic carbocycles. The van der Waals surface area contributed by atoms with Crippen LogP contribution in [-0.4, -0.2) is 37.2 Å². The van der Waals surface area contributed by atoms with Crippen LogP contribution in [0.1, 0.15) is 310 Å². The zero-order valence-electron chi connectivity index (χ0n) is 48.8. The van der Waals surface area contributed by atoms with Crippen LogP contribution in [0.5, 0.6) is 0 Å². The molecule has 0 saturated carbocycles. The average molecular weight is 1030 g/mol. The molecule has 74 heavy (non-hydrogen) atoms. The summed E-state index contributed by atoms with van der Waals surface area (Å²) in [5.74, 6) is -0.873. The van der Waals surface area contributed by atoms with Crippen LogP contribution in [0, 0.1) is 0 Å². The third-order valence-corrected chi connectivity index (χ3v) is 13.7. The maximum absolute atomic E-state index is 12.9. The highest BCUT2D eigenvalue weighted by Crippen LogP contribution is 2.17. The molecule has 0 amide bonds. The van der Waals surface area contributed by atoms with Crippen LogP contribution in [0.25, 0.3) is 0 Å². The van der Waals surface area contributed by atoms with Crippen molar-refractivity contribution in [3.8, 4) is 0 Å². The van der Waals surface area contributed by atoms with Gasteiger partial charge >= 0.3 is 17.9 Å². The van der Waals surface area contributed by atoms with Crippen LogP contribution in [0.3, 0.4) is 0 Å². The van der Waals surface area contributed by atoms with Gasteiger partial charge in [-0.3, -0.25) is 14.4 Å². The first kappa shape index (κ1) is 70.6. The van der Waals surface area contributed by atoms with Crippen LogP contribution in [0.4, 0.5) is 0 Å². The fourth-order valence-electron chi connectivity index (χ4n) is 8.95. The number of carbonyl (C=O) groups is 3. The smallest absolute Gasteiger partial charge is 0.306 e. The van der Waals surface area contributed by atoms with Crippen LogP contribution >= 0.6 is 0 Å². The summed E-state index contributed by atoms with van der Waals surface area (Å²) in [6, 6.07) is 0. The van der Waals surface area contributed by atoms with Crippen LogP contribution in [-0.2, 0) is 28.6 Å². The molecule has 0 spiro atoms. The number of ether oxygens (including phenoxy) is 3. The Kier molecular flexibility index (Phi) is 59.3. The highest BCUT2D eigenvalue weighted by molar-refractivity contribution is 5.71. The molecule has 0 aliphatic rings. The molecule has 0 N–H and O–H groups in total. The SMILES string of the molecule is CC/C=C\C/C=C\C/C=C\C/C=C\C/C=C\C/C=C\C/C=C\CCCCCCCCCC(=O)OCC(COC(=O)CCCCCCCCCCCCCCC)OC(=O)CCCCCCCCCCCCCCCC. The van der Waals surface area contributed by atoms with E-state index in [1.54, 1.807) is 0 Å². The molecule has 0 saturated heterocycles. The molecule has 6 heteroatoms. The van der Waals surface area contributed by atoms with Gasteiger partial charge in [0.25, 0.3) is 0 Å².